The first-order chi connectivity index (χ1) is 10.3. The van der Waals surface area contributed by atoms with Crippen molar-refractivity contribution in [3.8, 4) is 5.69 Å². The van der Waals surface area contributed by atoms with Gasteiger partial charge in [0.15, 0.2) is 11.6 Å². The number of hydrogen-bond donors (Lipinski definition) is 0. The van der Waals surface area contributed by atoms with Crippen LogP contribution in [0.5, 0.6) is 0 Å². The van der Waals surface area contributed by atoms with Crippen molar-refractivity contribution >= 4 is 0 Å². The summed E-state index contributed by atoms with van der Waals surface area (Å²) in [5.74, 6) is 2.27. The zero-order valence-corrected chi connectivity index (χ0v) is 12.0. The maximum absolute atomic E-state index is 5.81. The lowest BCUT2D eigenvalue weighted by molar-refractivity contribution is -0.0942. The molecular formula is C15H18N4O2. The standard InChI is InChI=1S/C15H18N4O2/c1-10-8-12(4-5-16-10)19-15(13-9-20-6-7-21-13)17-14(18-19)11-2-3-11/h4-5,8,11,13H,2-3,6-7,9H2,1H3/t13-/m0/s1. The monoisotopic (exact) mass is 286 g/mol. The fourth-order valence-electron chi connectivity index (χ4n) is 2.55. The molecule has 6 heteroatoms. The minimum atomic E-state index is -0.146. The Kier molecular flexibility index (Phi) is 3.20. The molecule has 2 aromatic rings. The first kappa shape index (κ1) is 12.9. The third kappa shape index (κ3) is 2.56. The van der Waals surface area contributed by atoms with Gasteiger partial charge in [-0.1, -0.05) is 0 Å². The zero-order chi connectivity index (χ0) is 14.2. The second-order valence-electron chi connectivity index (χ2n) is 5.60. The minimum absolute atomic E-state index is 0.146. The molecule has 2 fully saturated rings. The number of nitrogens with zero attached hydrogens (tertiary/aromatic N) is 4. The highest BCUT2D eigenvalue weighted by Gasteiger charge is 2.32. The van der Waals surface area contributed by atoms with E-state index in [1.807, 2.05) is 23.7 Å². The number of pyridine rings is 1. The fraction of sp³-hybridized carbons (Fsp3) is 0.533. The number of rotatable bonds is 3. The van der Waals surface area contributed by atoms with Gasteiger partial charge < -0.3 is 9.47 Å². The van der Waals surface area contributed by atoms with E-state index in [-0.39, 0.29) is 6.10 Å². The molecule has 0 unspecified atom stereocenters. The first-order valence-corrected chi connectivity index (χ1v) is 7.40. The molecule has 110 valence electrons. The number of aryl methyl sites for hydroxylation is 1. The molecule has 0 spiro atoms. The minimum Gasteiger partial charge on any atom is -0.376 e. The van der Waals surface area contributed by atoms with Crippen LogP contribution in [-0.4, -0.2) is 39.6 Å². The van der Waals surface area contributed by atoms with Gasteiger partial charge in [0.1, 0.15) is 6.10 Å². The normalized spacial score (nSPS) is 22.4. The summed E-state index contributed by atoms with van der Waals surface area (Å²) in [6.07, 6.45) is 4.01. The first-order valence-electron chi connectivity index (χ1n) is 7.40. The van der Waals surface area contributed by atoms with Crippen LogP contribution in [0.1, 0.15) is 42.2 Å². The zero-order valence-electron chi connectivity index (χ0n) is 12.0. The van der Waals surface area contributed by atoms with Gasteiger partial charge >= 0.3 is 0 Å². The van der Waals surface area contributed by atoms with Crippen molar-refractivity contribution in [2.75, 3.05) is 19.8 Å². The Morgan fingerprint density at radius 2 is 2.19 bits per heavy atom. The van der Waals surface area contributed by atoms with E-state index in [0.29, 0.717) is 25.7 Å². The molecule has 0 radical (unpaired) electrons. The Morgan fingerprint density at radius 3 is 2.90 bits per heavy atom. The molecule has 1 atom stereocenters. The third-order valence-corrected chi connectivity index (χ3v) is 3.82. The third-order valence-electron chi connectivity index (χ3n) is 3.82. The summed E-state index contributed by atoms with van der Waals surface area (Å²) in [6.45, 7) is 3.76. The lowest BCUT2D eigenvalue weighted by atomic mass is 10.3. The van der Waals surface area contributed by atoms with Crippen molar-refractivity contribution in [1.29, 1.82) is 0 Å². The van der Waals surface area contributed by atoms with Crippen LogP contribution >= 0.6 is 0 Å². The average molecular weight is 286 g/mol. The van der Waals surface area contributed by atoms with E-state index in [4.69, 9.17) is 19.6 Å². The smallest absolute Gasteiger partial charge is 0.163 e. The van der Waals surface area contributed by atoms with Crippen LogP contribution in [0.25, 0.3) is 5.69 Å². The van der Waals surface area contributed by atoms with Crippen LogP contribution in [0.15, 0.2) is 18.3 Å². The largest absolute Gasteiger partial charge is 0.376 e. The summed E-state index contributed by atoms with van der Waals surface area (Å²) in [4.78, 5) is 8.97. The lowest BCUT2D eigenvalue weighted by Crippen LogP contribution is -2.24. The highest BCUT2D eigenvalue weighted by atomic mass is 16.6. The molecule has 0 aromatic carbocycles. The van der Waals surface area contributed by atoms with Crippen LogP contribution in [0.2, 0.25) is 0 Å². The molecule has 21 heavy (non-hydrogen) atoms. The summed E-state index contributed by atoms with van der Waals surface area (Å²) in [5.41, 5.74) is 1.94. The molecule has 0 amide bonds. The maximum atomic E-state index is 5.81. The van der Waals surface area contributed by atoms with Gasteiger partial charge in [-0.15, -0.1) is 0 Å². The Labute approximate surface area is 123 Å². The molecule has 2 aliphatic rings. The number of hydrogen-bond acceptors (Lipinski definition) is 5. The van der Waals surface area contributed by atoms with Crippen molar-refractivity contribution in [2.24, 2.45) is 0 Å². The van der Waals surface area contributed by atoms with Crippen molar-refractivity contribution in [2.45, 2.75) is 31.8 Å². The molecule has 6 nitrogen and oxygen atoms in total. The molecule has 1 aliphatic carbocycles. The van der Waals surface area contributed by atoms with Gasteiger partial charge in [-0.25, -0.2) is 9.67 Å². The Bertz CT molecular complexity index is 645. The second kappa shape index (κ2) is 5.20. The summed E-state index contributed by atoms with van der Waals surface area (Å²) in [6, 6.07) is 3.96. The number of aromatic nitrogens is 4. The molecule has 1 saturated heterocycles. The summed E-state index contributed by atoms with van der Waals surface area (Å²) >= 11 is 0. The maximum Gasteiger partial charge on any atom is 0.163 e. The highest BCUT2D eigenvalue weighted by Crippen LogP contribution is 2.39. The van der Waals surface area contributed by atoms with Crippen molar-refractivity contribution in [3.05, 3.63) is 35.7 Å². The van der Waals surface area contributed by atoms with E-state index >= 15 is 0 Å². The van der Waals surface area contributed by atoms with E-state index in [2.05, 4.69) is 4.98 Å². The van der Waals surface area contributed by atoms with E-state index in [1.54, 1.807) is 6.20 Å². The molecule has 1 saturated carbocycles. The van der Waals surface area contributed by atoms with Crippen LogP contribution < -0.4 is 0 Å². The number of ether oxygens (including phenoxy) is 2. The van der Waals surface area contributed by atoms with Crippen molar-refractivity contribution in [3.63, 3.8) is 0 Å². The van der Waals surface area contributed by atoms with Gasteiger partial charge in [0.05, 0.1) is 25.5 Å². The van der Waals surface area contributed by atoms with Gasteiger partial charge in [-0.3, -0.25) is 4.98 Å². The molecule has 0 N–H and O–H groups in total. The van der Waals surface area contributed by atoms with E-state index in [1.165, 1.54) is 12.8 Å². The average Bonchev–Trinajstić information content (AvgIpc) is 3.27. The second-order valence-corrected chi connectivity index (χ2v) is 5.60. The predicted molar refractivity (Wildman–Crippen MR) is 75.4 cm³/mol. The Morgan fingerprint density at radius 1 is 1.29 bits per heavy atom. The molecule has 0 bridgehead atoms. The molecule has 2 aromatic heterocycles. The summed E-state index contributed by atoms with van der Waals surface area (Å²) in [7, 11) is 0. The Hall–Kier alpha value is -1.79. The van der Waals surface area contributed by atoms with E-state index < -0.39 is 0 Å². The summed E-state index contributed by atoms with van der Waals surface area (Å²) < 4.78 is 13.2. The van der Waals surface area contributed by atoms with E-state index in [0.717, 1.165) is 23.0 Å². The van der Waals surface area contributed by atoms with Crippen LogP contribution in [-0.2, 0) is 9.47 Å². The van der Waals surface area contributed by atoms with Gasteiger partial charge in [0.25, 0.3) is 0 Å². The quantitative estimate of drug-likeness (QED) is 0.863. The lowest BCUT2D eigenvalue weighted by Gasteiger charge is -2.22. The topological polar surface area (TPSA) is 62.1 Å². The SMILES string of the molecule is Cc1cc(-n2nc(C3CC3)nc2[C@@H]2COCCO2)ccn1. The molecule has 3 heterocycles. The highest BCUT2D eigenvalue weighted by molar-refractivity contribution is 5.32. The Balaban J connectivity index is 1.76. The van der Waals surface area contributed by atoms with Crippen LogP contribution in [0.3, 0.4) is 0 Å². The molecule has 4 rings (SSSR count). The van der Waals surface area contributed by atoms with Crippen LogP contribution in [0, 0.1) is 6.92 Å². The molecular weight excluding hydrogens is 268 g/mol. The van der Waals surface area contributed by atoms with Gasteiger partial charge in [-0.05, 0) is 31.9 Å². The summed E-state index contributed by atoms with van der Waals surface area (Å²) in [5, 5.41) is 4.70. The van der Waals surface area contributed by atoms with E-state index in [9.17, 15) is 0 Å². The van der Waals surface area contributed by atoms with Gasteiger partial charge in [-0.2, -0.15) is 5.10 Å². The molecule has 1 aliphatic heterocycles. The fourth-order valence-corrected chi connectivity index (χ4v) is 2.55. The van der Waals surface area contributed by atoms with Gasteiger partial charge in [0.2, 0.25) is 0 Å². The van der Waals surface area contributed by atoms with Crippen LogP contribution in [0.4, 0.5) is 0 Å². The van der Waals surface area contributed by atoms with Gasteiger partial charge in [0, 0.05) is 17.8 Å². The predicted octanol–water partition coefficient (Wildman–Crippen LogP) is 1.94. The van der Waals surface area contributed by atoms with Crippen molar-refractivity contribution in [1.82, 2.24) is 19.7 Å². The van der Waals surface area contributed by atoms with Crippen molar-refractivity contribution < 1.29 is 9.47 Å².